The summed E-state index contributed by atoms with van der Waals surface area (Å²) in [6, 6.07) is 7.62. The zero-order valence-corrected chi connectivity index (χ0v) is 14.0. The fourth-order valence-electron chi connectivity index (χ4n) is 2.78. The average Bonchev–Trinajstić information content (AvgIpc) is 2.47. The largest absolute Gasteiger partial charge is 0.352 e. The Bertz CT molecular complexity index is 448. The first kappa shape index (κ1) is 18.3. The lowest BCUT2D eigenvalue weighted by Crippen LogP contribution is -2.33. The van der Waals surface area contributed by atoms with Crippen molar-refractivity contribution in [3.8, 4) is 0 Å². The van der Waals surface area contributed by atoms with Crippen LogP contribution in [0.5, 0.6) is 0 Å². The van der Waals surface area contributed by atoms with E-state index in [1.165, 1.54) is 12.8 Å². The molecule has 118 valence electrons. The summed E-state index contributed by atoms with van der Waals surface area (Å²) in [4.78, 5) is 12.0. The first-order valence-electron chi connectivity index (χ1n) is 7.37. The highest BCUT2D eigenvalue weighted by atomic mass is 35.5. The van der Waals surface area contributed by atoms with Gasteiger partial charge >= 0.3 is 0 Å². The van der Waals surface area contributed by atoms with Crippen LogP contribution in [0, 0.1) is 11.8 Å². The van der Waals surface area contributed by atoms with Crippen molar-refractivity contribution in [1.29, 1.82) is 0 Å². The molecule has 1 amide bonds. The second-order valence-corrected chi connectivity index (χ2v) is 6.04. The van der Waals surface area contributed by atoms with Crippen molar-refractivity contribution in [2.75, 3.05) is 13.1 Å². The number of hydrogen-bond donors (Lipinski definition) is 2. The number of carbonyl (C=O) groups excluding carboxylic acids is 1. The number of amides is 1. The number of rotatable bonds is 5. The molecular weight excluding hydrogens is 307 g/mol. The maximum Gasteiger partial charge on any atom is 0.220 e. The Kier molecular flexibility index (Phi) is 8.09. The topological polar surface area (TPSA) is 41.1 Å². The van der Waals surface area contributed by atoms with E-state index in [2.05, 4.69) is 17.6 Å². The number of benzene rings is 1. The lowest BCUT2D eigenvalue weighted by atomic mass is 9.84. The number of piperidine rings is 1. The summed E-state index contributed by atoms with van der Waals surface area (Å²) in [5, 5.41) is 7.04. The van der Waals surface area contributed by atoms with Crippen molar-refractivity contribution in [2.45, 2.75) is 32.7 Å². The monoisotopic (exact) mass is 330 g/mol. The summed E-state index contributed by atoms with van der Waals surface area (Å²) in [6.07, 6.45) is 2.97. The van der Waals surface area contributed by atoms with Gasteiger partial charge in [-0.3, -0.25) is 4.79 Å². The van der Waals surface area contributed by atoms with E-state index in [1.807, 2.05) is 24.3 Å². The van der Waals surface area contributed by atoms with Gasteiger partial charge in [0.05, 0.1) is 0 Å². The Hall–Kier alpha value is -0.770. The minimum absolute atomic E-state index is 0. The molecule has 0 spiro atoms. The number of carbonyl (C=O) groups is 1. The normalized spacial score (nSPS) is 16.9. The molecule has 1 heterocycles. The molecule has 21 heavy (non-hydrogen) atoms. The zero-order valence-electron chi connectivity index (χ0n) is 12.4. The van der Waals surface area contributed by atoms with Crippen LogP contribution in [0.3, 0.4) is 0 Å². The molecule has 5 heteroatoms. The van der Waals surface area contributed by atoms with Gasteiger partial charge in [-0.2, -0.15) is 0 Å². The molecule has 0 saturated carbocycles. The van der Waals surface area contributed by atoms with E-state index in [1.54, 1.807) is 0 Å². The van der Waals surface area contributed by atoms with Gasteiger partial charge in [0.1, 0.15) is 0 Å². The molecule has 3 nitrogen and oxygen atoms in total. The molecule has 1 aromatic rings. The van der Waals surface area contributed by atoms with Crippen LogP contribution in [-0.4, -0.2) is 19.0 Å². The van der Waals surface area contributed by atoms with Crippen LogP contribution in [0.1, 0.15) is 31.7 Å². The summed E-state index contributed by atoms with van der Waals surface area (Å²) in [5.74, 6) is 1.24. The van der Waals surface area contributed by atoms with Gasteiger partial charge in [-0.15, -0.1) is 12.4 Å². The molecule has 2 rings (SSSR count). The van der Waals surface area contributed by atoms with Gasteiger partial charge in [-0.25, -0.2) is 0 Å². The van der Waals surface area contributed by atoms with Crippen molar-refractivity contribution in [1.82, 2.24) is 10.6 Å². The van der Waals surface area contributed by atoms with Crippen molar-refractivity contribution < 1.29 is 4.79 Å². The van der Waals surface area contributed by atoms with Gasteiger partial charge in [0.15, 0.2) is 0 Å². The Balaban J connectivity index is 0.00000220. The molecule has 1 saturated heterocycles. The van der Waals surface area contributed by atoms with E-state index < -0.39 is 0 Å². The van der Waals surface area contributed by atoms with Crippen LogP contribution in [0.15, 0.2) is 24.3 Å². The smallest absolute Gasteiger partial charge is 0.220 e. The van der Waals surface area contributed by atoms with E-state index >= 15 is 0 Å². The lowest BCUT2D eigenvalue weighted by molar-refractivity contribution is -0.122. The molecule has 2 N–H and O–H groups in total. The Morgan fingerprint density at radius 2 is 2.05 bits per heavy atom. The molecule has 1 aromatic carbocycles. The highest BCUT2D eigenvalue weighted by Crippen LogP contribution is 2.24. The average molecular weight is 331 g/mol. The third-order valence-corrected chi connectivity index (χ3v) is 4.50. The van der Waals surface area contributed by atoms with Crippen molar-refractivity contribution in [3.05, 3.63) is 34.9 Å². The summed E-state index contributed by atoms with van der Waals surface area (Å²) < 4.78 is 0. The van der Waals surface area contributed by atoms with E-state index in [0.29, 0.717) is 29.8 Å². The summed E-state index contributed by atoms with van der Waals surface area (Å²) in [5.41, 5.74) is 0.969. The molecule has 0 radical (unpaired) electrons. The predicted octanol–water partition coefficient (Wildman–Crippen LogP) is 3.40. The van der Waals surface area contributed by atoms with E-state index in [-0.39, 0.29) is 18.3 Å². The molecule has 1 aliphatic rings. The Labute approximate surface area is 138 Å². The van der Waals surface area contributed by atoms with Crippen LogP contribution >= 0.6 is 24.0 Å². The minimum Gasteiger partial charge on any atom is -0.352 e. The third kappa shape index (κ3) is 5.85. The van der Waals surface area contributed by atoms with E-state index in [4.69, 9.17) is 11.6 Å². The fourth-order valence-corrected chi connectivity index (χ4v) is 2.98. The van der Waals surface area contributed by atoms with Crippen molar-refractivity contribution in [2.24, 2.45) is 11.8 Å². The first-order valence-corrected chi connectivity index (χ1v) is 7.75. The fraction of sp³-hybridized carbons (Fsp3) is 0.562. The number of nitrogens with one attached hydrogen (secondary N) is 2. The maximum atomic E-state index is 12.0. The molecule has 1 fully saturated rings. The van der Waals surface area contributed by atoms with Gasteiger partial charge in [0, 0.05) is 18.0 Å². The molecule has 0 bridgehead atoms. The van der Waals surface area contributed by atoms with Crippen LogP contribution < -0.4 is 10.6 Å². The van der Waals surface area contributed by atoms with E-state index in [9.17, 15) is 4.79 Å². The van der Waals surface area contributed by atoms with Crippen molar-refractivity contribution >= 4 is 29.9 Å². The molecule has 0 aliphatic carbocycles. The number of hydrogen-bond acceptors (Lipinski definition) is 2. The molecule has 1 unspecified atom stereocenters. The summed E-state index contributed by atoms with van der Waals surface area (Å²) >= 11 is 6.08. The van der Waals surface area contributed by atoms with Gasteiger partial charge in [-0.05, 0) is 49.4 Å². The zero-order chi connectivity index (χ0) is 14.4. The second kappa shape index (κ2) is 9.29. The highest BCUT2D eigenvalue weighted by molar-refractivity contribution is 6.31. The molecule has 1 atom stereocenters. The maximum absolute atomic E-state index is 12.0. The lowest BCUT2D eigenvalue weighted by Gasteiger charge is -2.27. The number of halogens is 2. The molecule has 1 aliphatic heterocycles. The van der Waals surface area contributed by atoms with Crippen LogP contribution in [0.2, 0.25) is 5.02 Å². The van der Waals surface area contributed by atoms with Gasteiger partial charge in [-0.1, -0.05) is 36.7 Å². The molecule has 0 aromatic heterocycles. The van der Waals surface area contributed by atoms with Gasteiger partial charge < -0.3 is 10.6 Å². The first-order chi connectivity index (χ1) is 9.66. The van der Waals surface area contributed by atoms with Gasteiger partial charge in [0.2, 0.25) is 5.91 Å². The Morgan fingerprint density at radius 1 is 1.38 bits per heavy atom. The molecular formula is C16H24Cl2N2O. The van der Waals surface area contributed by atoms with Crippen LogP contribution in [0.4, 0.5) is 0 Å². The standard InChI is InChI=1S/C16H23ClN2O.ClH/c1-12(13-6-8-18-9-7-13)10-16(20)19-11-14-4-2-3-5-15(14)17;/h2-5,12-13,18H,6-11H2,1H3,(H,19,20);1H. The highest BCUT2D eigenvalue weighted by Gasteiger charge is 2.21. The Morgan fingerprint density at radius 3 is 2.71 bits per heavy atom. The quantitative estimate of drug-likeness (QED) is 0.868. The SMILES string of the molecule is CC(CC(=O)NCc1ccccc1Cl)C1CCNCC1.Cl. The summed E-state index contributed by atoms with van der Waals surface area (Å²) in [7, 11) is 0. The van der Waals surface area contributed by atoms with Crippen molar-refractivity contribution in [3.63, 3.8) is 0 Å². The predicted molar refractivity (Wildman–Crippen MR) is 89.9 cm³/mol. The third-order valence-electron chi connectivity index (χ3n) is 4.13. The second-order valence-electron chi connectivity index (χ2n) is 5.64. The summed E-state index contributed by atoms with van der Waals surface area (Å²) in [6.45, 7) is 4.86. The van der Waals surface area contributed by atoms with Crippen LogP contribution in [0.25, 0.3) is 0 Å². The van der Waals surface area contributed by atoms with Crippen LogP contribution in [-0.2, 0) is 11.3 Å². The van der Waals surface area contributed by atoms with E-state index in [0.717, 1.165) is 18.7 Å². The minimum atomic E-state index is 0. The van der Waals surface area contributed by atoms with Gasteiger partial charge in [0.25, 0.3) is 0 Å².